The van der Waals surface area contributed by atoms with Gasteiger partial charge in [-0.2, -0.15) is 0 Å². The predicted octanol–water partition coefficient (Wildman–Crippen LogP) is 3.85. The van der Waals surface area contributed by atoms with Crippen molar-refractivity contribution >= 4 is 0 Å². The van der Waals surface area contributed by atoms with Crippen LogP contribution in [0.5, 0.6) is 5.75 Å². The molecule has 2 atom stereocenters. The fraction of sp³-hybridized carbons (Fsp3) is 0.333. The van der Waals surface area contributed by atoms with Crippen LogP contribution in [0.3, 0.4) is 0 Å². The van der Waals surface area contributed by atoms with E-state index < -0.39 is 6.10 Å². The van der Waals surface area contributed by atoms with Gasteiger partial charge in [-0.05, 0) is 48.1 Å². The van der Waals surface area contributed by atoms with E-state index in [2.05, 4.69) is 30.3 Å². The average Bonchev–Trinajstić information content (AvgIpc) is 2.67. The van der Waals surface area contributed by atoms with Crippen LogP contribution < -0.4 is 4.74 Å². The largest absolute Gasteiger partial charge is 0.497 e. The molecule has 0 fully saturated rings. The zero-order valence-corrected chi connectivity index (χ0v) is 11.8. The van der Waals surface area contributed by atoms with E-state index in [4.69, 9.17) is 4.74 Å². The topological polar surface area (TPSA) is 29.5 Å². The Morgan fingerprint density at radius 2 is 1.80 bits per heavy atom. The van der Waals surface area contributed by atoms with Gasteiger partial charge >= 0.3 is 0 Å². The highest BCUT2D eigenvalue weighted by atomic mass is 16.5. The maximum Gasteiger partial charge on any atom is 0.118 e. The van der Waals surface area contributed by atoms with Gasteiger partial charge in [0.25, 0.3) is 0 Å². The quantitative estimate of drug-likeness (QED) is 0.838. The second-order valence-electron chi connectivity index (χ2n) is 5.42. The van der Waals surface area contributed by atoms with Gasteiger partial charge in [0, 0.05) is 5.92 Å². The number of rotatable bonds is 2. The normalized spacial score (nSPS) is 21.9. The number of fused-ring (bicyclic) bond motifs is 1. The molecule has 2 unspecified atom stereocenters. The summed E-state index contributed by atoms with van der Waals surface area (Å²) in [6, 6.07) is 16.3. The first-order valence-electron chi connectivity index (χ1n) is 7.19. The van der Waals surface area contributed by atoms with Gasteiger partial charge in [0.05, 0.1) is 13.2 Å². The van der Waals surface area contributed by atoms with Crippen molar-refractivity contribution in [3.63, 3.8) is 0 Å². The Balaban J connectivity index is 1.93. The minimum Gasteiger partial charge on any atom is -0.497 e. The summed E-state index contributed by atoms with van der Waals surface area (Å²) < 4.78 is 5.20. The molecule has 0 amide bonds. The number of hydrogen-bond donors (Lipinski definition) is 1. The summed E-state index contributed by atoms with van der Waals surface area (Å²) in [6.07, 6.45) is 2.77. The Bertz CT molecular complexity index is 574. The van der Waals surface area contributed by atoms with Crippen LogP contribution in [0.2, 0.25) is 0 Å². The third-order valence-corrected chi connectivity index (χ3v) is 4.26. The van der Waals surface area contributed by atoms with Crippen molar-refractivity contribution in [2.45, 2.75) is 31.3 Å². The number of hydrogen-bond acceptors (Lipinski definition) is 2. The molecule has 2 nitrogen and oxygen atoms in total. The second-order valence-corrected chi connectivity index (χ2v) is 5.42. The van der Waals surface area contributed by atoms with Gasteiger partial charge in [-0.25, -0.2) is 0 Å². The molecule has 104 valence electrons. The van der Waals surface area contributed by atoms with Gasteiger partial charge < -0.3 is 9.84 Å². The zero-order valence-electron chi connectivity index (χ0n) is 11.8. The molecule has 2 heteroatoms. The van der Waals surface area contributed by atoms with Gasteiger partial charge in [0.15, 0.2) is 0 Å². The third kappa shape index (κ3) is 2.44. The van der Waals surface area contributed by atoms with Crippen LogP contribution in [-0.4, -0.2) is 12.2 Å². The number of ether oxygens (including phenoxy) is 1. The second kappa shape index (κ2) is 5.68. The molecule has 0 radical (unpaired) electrons. The standard InChI is InChI=1S/C18H20O2/c1-20-15-11-9-14(10-12-15)17-8-4-6-13-5-2-3-7-16(13)18(17)19/h2-3,5,7,9-12,17-19H,4,6,8H2,1H3. The van der Waals surface area contributed by atoms with E-state index >= 15 is 0 Å². The zero-order chi connectivity index (χ0) is 13.9. The summed E-state index contributed by atoms with van der Waals surface area (Å²) in [5.74, 6) is 1.03. The number of aliphatic hydroxyl groups excluding tert-OH is 1. The molecule has 1 aliphatic carbocycles. The van der Waals surface area contributed by atoms with Crippen molar-refractivity contribution in [2.75, 3.05) is 7.11 Å². The maximum absolute atomic E-state index is 10.7. The van der Waals surface area contributed by atoms with E-state index in [0.29, 0.717) is 0 Å². The summed E-state index contributed by atoms with van der Waals surface area (Å²) in [4.78, 5) is 0. The lowest BCUT2D eigenvalue weighted by Gasteiger charge is -2.22. The molecule has 1 N–H and O–H groups in total. The highest BCUT2D eigenvalue weighted by molar-refractivity contribution is 5.36. The monoisotopic (exact) mass is 268 g/mol. The molecule has 2 aromatic rings. The van der Waals surface area contributed by atoms with Crippen LogP contribution in [0, 0.1) is 0 Å². The minimum absolute atomic E-state index is 0.171. The minimum atomic E-state index is -0.415. The van der Waals surface area contributed by atoms with Crippen molar-refractivity contribution in [1.29, 1.82) is 0 Å². The predicted molar refractivity (Wildman–Crippen MR) is 80.1 cm³/mol. The Labute approximate surface area is 120 Å². The van der Waals surface area contributed by atoms with Crippen LogP contribution in [-0.2, 0) is 6.42 Å². The molecule has 3 rings (SSSR count). The number of aliphatic hydroxyl groups is 1. The van der Waals surface area contributed by atoms with Gasteiger partial charge in [0.2, 0.25) is 0 Å². The third-order valence-electron chi connectivity index (χ3n) is 4.26. The van der Waals surface area contributed by atoms with Crippen molar-refractivity contribution in [1.82, 2.24) is 0 Å². The first-order valence-corrected chi connectivity index (χ1v) is 7.19. The molecule has 1 aliphatic rings. The lowest BCUT2D eigenvalue weighted by molar-refractivity contribution is 0.142. The Morgan fingerprint density at radius 1 is 1.05 bits per heavy atom. The van der Waals surface area contributed by atoms with Crippen LogP contribution in [0.25, 0.3) is 0 Å². The lowest BCUT2D eigenvalue weighted by atomic mass is 9.87. The van der Waals surface area contributed by atoms with E-state index in [1.54, 1.807) is 7.11 Å². The Hall–Kier alpha value is -1.80. The van der Waals surface area contributed by atoms with Gasteiger partial charge in [0.1, 0.15) is 5.75 Å². The molecule has 0 saturated heterocycles. The van der Waals surface area contributed by atoms with Gasteiger partial charge in [-0.3, -0.25) is 0 Å². The van der Waals surface area contributed by atoms with Crippen molar-refractivity contribution in [2.24, 2.45) is 0 Å². The molecule has 2 aromatic carbocycles. The van der Waals surface area contributed by atoms with E-state index in [1.165, 1.54) is 11.1 Å². The Morgan fingerprint density at radius 3 is 2.55 bits per heavy atom. The van der Waals surface area contributed by atoms with E-state index in [-0.39, 0.29) is 5.92 Å². The van der Waals surface area contributed by atoms with Crippen LogP contribution in [0.4, 0.5) is 0 Å². The molecule has 0 heterocycles. The van der Waals surface area contributed by atoms with Crippen molar-refractivity contribution in [3.05, 3.63) is 65.2 Å². The molecular weight excluding hydrogens is 248 g/mol. The summed E-state index contributed by atoms with van der Waals surface area (Å²) in [5.41, 5.74) is 3.57. The highest BCUT2D eigenvalue weighted by Gasteiger charge is 2.26. The molecule has 0 spiro atoms. The van der Waals surface area contributed by atoms with Crippen LogP contribution >= 0.6 is 0 Å². The highest BCUT2D eigenvalue weighted by Crippen LogP contribution is 2.39. The summed E-state index contributed by atoms with van der Waals surface area (Å²) in [5, 5.41) is 10.7. The first kappa shape index (κ1) is 13.2. The SMILES string of the molecule is COc1ccc(C2CCCc3ccccc3C2O)cc1. The Kier molecular flexibility index (Phi) is 3.75. The summed E-state index contributed by atoms with van der Waals surface area (Å²) >= 11 is 0. The van der Waals surface area contributed by atoms with E-state index in [0.717, 1.165) is 30.6 Å². The molecule has 0 aromatic heterocycles. The number of benzene rings is 2. The fourth-order valence-corrected chi connectivity index (χ4v) is 3.14. The first-order chi connectivity index (χ1) is 9.79. The number of aryl methyl sites for hydroxylation is 1. The maximum atomic E-state index is 10.7. The molecule has 0 bridgehead atoms. The summed E-state index contributed by atoms with van der Waals surface area (Å²) in [7, 11) is 1.67. The lowest BCUT2D eigenvalue weighted by Crippen LogP contribution is -2.10. The molecule has 20 heavy (non-hydrogen) atoms. The van der Waals surface area contributed by atoms with E-state index in [9.17, 15) is 5.11 Å². The summed E-state index contributed by atoms with van der Waals surface area (Å²) in [6.45, 7) is 0. The smallest absolute Gasteiger partial charge is 0.118 e. The van der Waals surface area contributed by atoms with Crippen molar-refractivity contribution in [3.8, 4) is 5.75 Å². The van der Waals surface area contributed by atoms with E-state index in [1.807, 2.05) is 18.2 Å². The van der Waals surface area contributed by atoms with Crippen LogP contribution in [0.1, 0.15) is 41.6 Å². The van der Waals surface area contributed by atoms with Crippen molar-refractivity contribution < 1.29 is 9.84 Å². The molecule has 0 saturated carbocycles. The molecular formula is C18H20O2. The average molecular weight is 268 g/mol. The van der Waals surface area contributed by atoms with Gasteiger partial charge in [-0.1, -0.05) is 36.4 Å². The fourth-order valence-electron chi connectivity index (χ4n) is 3.14. The number of methoxy groups -OCH3 is 1. The van der Waals surface area contributed by atoms with Gasteiger partial charge in [-0.15, -0.1) is 0 Å². The molecule has 0 aliphatic heterocycles. The van der Waals surface area contributed by atoms with Crippen LogP contribution in [0.15, 0.2) is 48.5 Å².